The SMILES string of the molecule is CC(C)NC(=O)c1nc(-c2cn(-c3nccs3)cn2)n2ccccc12. The van der Waals surface area contributed by atoms with E-state index in [1.54, 1.807) is 12.5 Å². The number of pyridine rings is 1. The molecule has 4 rings (SSSR count). The second-order valence-electron chi connectivity index (χ2n) is 5.85. The molecule has 4 heterocycles. The lowest BCUT2D eigenvalue weighted by atomic mass is 10.3. The number of amides is 1. The highest BCUT2D eigenvalue weighted by Crippen LogP contribution is 2.23. The van der Waals surface area contributed by atoms with Crippen molar-refractivity contribution in [3.8, 4) is 16.6 Å². The van der Waals surface area contributed by atoms with Crippen LogP contribution in [-0.4, -0.2) is 35.9 Å². The van der Waals surface area contributed by atoms with Crippen molar-refractivity contribution in [1.82, 2.24) is 29.2 Å². The molecule has 1 amide bonds. The standard InChI is InChI=1S/C17H16N6OS/c1-11(2)20-16(24)14-13-5-3-4-7-23(13)15(21-14)12-9-22(10-19-12)17-18-6-8-25-17/h3-11H,1-2H3,(H,20,24). The van der Waals surface area contributed by atoms with Gasteiger partial charge in [0.15, 0.2) is 16.6 Å². The van der Waals surface area contributed by atoms with E-state index in [0.29, 0.717) is 17.2 Å². The molecular weight excluding hydrogens is 336 g/mol. The Balaban J connectivity index is 1.81. The quantitative estimate of drug-likeness (QED) is 0.613. The van der Waals surface area contributed by atoms with Crippen molar-refractivity contribution in [2.24, 2.45) is 0 Å². The molecule has 0 aliphatic carbocycles. The molecule has 0 atom stereocenters. The molecule has 0 bridgehead atoms. The summed E-state index contributed by atoms with van der Waals surface area (Å²) >= 11 is 1.53. The number of fused-ring (bicyclic) bond motifs is 1. The molecule has 0 spiro atoms. The summed E-state index contributed by atoms with van der Waals surface area (Å²) in [5.41, 5.74) is 1.83. The van der Waals surface area contributed by atoms with Crippen LogP contribution < -0.4 is 5.32 Å². The molecule has 0 aliphatic rings. The third kappa shape index (κ3) is 2.80. The van der Waals surface area contributed by atoms with Crippen LogP contribution in [0.4, 0.5) is 0 Å². The largest absolute Gasteiger partial charge is 0.348 e. The molecule has 0 saturated carbocycles. The van der Waals surface area contributed by atoms with Crippen LogP contribution >= 0.6 is 11.3 Å². The van der Waals surface area contributed by atoms with E-state index in [-0.39, 0.29) is 11.9 Å². The van der Waals surface area contributed by atoms with E-state index in [0.717, 1.165) is 10.6 Å². The van der Waals surface area contributed by atoms with Crippen molar-refractivity contribution in [1.29, 1.82) is 0 Å². The topological polar surface area (TPSA) is 77.1 Å². The second kappa shape index (κ2) is 6.14. The van der Waals surface area contributed by atoms with Gasteiger partial charge in [0.1, 0.15) is 12.0 Å². The van der Waals surface area contributed by atoms with Gasteiger partial charge in [-0.15, -0.1) is 11.3 Å². The number of hydrogen-bond donors (Lipinski definition) is 1. The lowest BCUT2D eigenvalue weighted by Gasteiger charge is -2.06. The van der Waals surface area contributed by atoms with Crippen molar-refractivity contribution in [3.05, 3.63) is 54.2 Å². The lowest BCUT2D eigenvalue weighted by Crippen LogP contribution is -2.30. The van der Waals surface area contributed by atoms with Gasteiger partial charge in [0.25, 0.3) is 5.91 Å². The van der Waals surface area contributed by atoms with Gasteiger partial charge < -0.3 is 5.32 Å². The zero-order valence-corrected chi connectivity index (χ0v) is 14.6. The van der Waals surface area contributed by atoms with E-state index in [2.05, 4.69) is 20.3 Å². The first-order valence-corrected chi connectivity index (χ1v) is 8.73. The summed E-state index contributed by atoms with van der Waals surface area (Å²) < 4.78 is 3.72. The average molecular weight is 352 g/mol. The Hall–Kier alpha value is -3.00. The van der Waals surface area contributed by atoms with Gasteiger partial charge in [0, 0.05) is 30.0 Å². The molecule has 0 saturated heterocycles. The summed E-state index contributed by atoms with van der Waals surface area (Å²) in [7, 11) is 0. The third-order valence-electron chi connectivity index (χ3n) is 3.64. The maximum atomic E-state index is 12.5. The highest BCUT2D eigenvalue weighted by Gasteiger charge is 2.20. The van der Waals surface area contributed by atoms with Crippen LogP contribution in [0.5, 0.6) is 0 Å². The third-order valence-corrected chi connectivity index (χ3v) is 4.42. The minimum absolute atomic E-state index is 0.0422. The Kier molecular flexibility index (Phi) is 3.81. The molecular formula is C17H16N6OS. The molecule has 0 unspecified atom stereocenters. The predicted octanol–water partition coefficient (Wildman–Crippen LogP) is 2.78. The molecule has 126 valence electrons. The van der Waals surface area contributed by atoms with Crippen molar-refractivity contribution in [2.45, 2.75) is 19.9 Å². The van der Waals surface area contributed by atoms with Crippen molar-refractivity contribution in [2.75, 3.05) is 0 Å². The normalized spacial score (nSPS) is 11.3. The Labute approximate surface area is 148 Å². The summed E-state index contributed by atoms with van der Waals surface area (Å²) in [4.78, 5) is 25.8. The Morgan fingerprint density at radius 3 is 2.92 bits per heavy atom. The number of hydrogen-bond acceptors (Lipinski definition) is 5. The summed E-state index contributed by atoms with van der Waals surface area (Å²) in [6.07, 6.45) is 7.20. The van der Waals surface area contributed by atoms with Crippen LogP contribution in [0.15, 0.2) is 48.5 Å². The van der Waals surface area contributed by atoms with Crippen LogP contribution in [0.25, 0.3) is 22.2 Å². The van der Waals surface area contributed by atoms with Gasteiger partial charge in [-0.3, -0.25) is 13.8 Å². The molecule has 1 N–H and O–H groups in total. The van der Waals surface area contributed by atoms with Gasteiger partial charge in [-0.05, 0) is 26.0 Å². The van der Waals surface area contributed by atoms with Gasteiger partial charge in [0.2, 0.25) is 0 Å². The molecule has 7 nitrogen and oxygen atoms in total. The molecule has 0 radical (unpaired) electrons. The Bertz CT molecular complexity index is 1030. The highest BCUT2D eigenvalue weighted by molar-refractivity contribution is 7.12. The van der Waals surface area contributed by atoms with E-state index in [1.165, 1.54) is 11.3 Å². The van der Waals surface area contributed by atoms with E-state index < -0.39 is 0 Å². The number of nitrogens with one attached hydrogen (secondary N) is 1. The fourth-order valence-electron chi connectivity index (χ4n) is 2.60. The van der Waals surface area contributed by atoms with Crippen molar-refractivity contribution >= 4 is 22.8 Å². The summed E-state index contributed by atoms with van der Waals surface area (Å²) in [6.45, 7) is 3.85. The average Bonchev–Trinajstić information content (AvgIpc) is 3.32. The maximum Gasteiger partial charge on any atom is 0.272 e. The molecule has 0 fully saturated rings. The van der Waals surface area contributed by atoms with Crippen LogP contribution in [0.2, 0.25) is 0 Å². The number of carbonyl (C=O) groups is 1. The minimum atomic E-state index is -0.190. The molecule has 4 aromatic rings. The zero-order valence-electron chi connectivity index (χ0n) is 13.7. The van der Waals surface area contributed by atoms with Gasteiger partial charge in [-0.1, -0.05) is 6.07 Å². The van der Waals surface area contributed by atoms with Gasteiger partial charge in [-0.25, -0.2) is 15.0 Å². The Morgan fingerprint density at radius 1 is 1.28 bits per heavy atom. The second-order valence-corrected chi connectivity index (χ2v) is 6.72. The Morgan fingerprint density at radius 2 is 2.16 bits per heavy atom. The van der Waals surface area contributed by atoms with Crippen LogP contribution in [0.1, 0.15) is 24.3 Å². The maximum absolute atomic E-state index is 12.5. The van der Waals surface area contributed by atoms with Crippen LogP contribution in [-0.2, 0) is 0 Å². The van der Waals surface area contributed by atoms with Crippen molar-refractivity contribution < 1.29 is 4.79 Å². The molecule has 0 aromatic carbocycles. The predicted molar refractivity (Wildman–Crippen MR) is 96.0 cm³/mol. The van der Waals surface area contributed by atoms with Crippen molar-refractivity contribution in [3.63, 3.8) is 0 Å². The number of aromatic nitrogens is 5. The minimum Gasteiger partial charge on any atom is -0.348 e. The first kappa shape index (κ1) is 15.5. The summed E-state index contributed by atoms with van der Waals surface area (Å²) in [5, 5.41) is 5.64. The first-order chi connectivity index (χ1) is 12.1. The van der Waals surface area contributed by atoms with E-state index in [1.807, 2.05) is 58.8 Å². The van der Waals surface area contributed by atoms with Gasteiger partial charge in [-0.2, -0.15) is 0 Å². The molecule has 25 heavy (non-hydrogen) atoms. The van der Waals surface area contributed by atoms with E-state index >= 15 is 0 Å². The van der Waals surface area contributed by atoms with Gasteiger partial charge >= 0.3 is 0 Å². The fraction of sp³-hybridized carbons (Fsp3) is 0.176. The van der Waals surface area contributed by atoms with E-state index in [9.17, 15) is 4.79 Å². The monoisotopic (exact) mass is 352 g/mol. The number of imidazole rings is 2. The molecule has 0 aliphatic heterocycles. The summed E-state index contributed by atoms with van der Waals surface area (Å²) in [5.74, 6) is 0.434. The number of nitrogens with zero attached hydrogens (tertiary/aromatic N) is 5. The molecule has 4 aromatic heterocycles. The van der Waals surface area contributed by atoms with Crippen LogP contribution in [0.3, 0.4) is 0 Å². The number of thiazole rings is 1. The fourth-order valence-corrected chi connectivity index (χ4v) is 3.19. The van der Waals surface area contributed by atoms with Gasteiger partial charge in [0.05, 0.1) is 5.52 Å². The van der Waals surface area contributed by atoms with E-state index in [4.69, 9.17) is 0 Å². The smallest absolute Gasteiger partial charge is 0.272 e. The molecule has 8 heteroatoms. The first-order valence-electron chi connectivity index (χ1n) is 7.85. The zero-order chi connectivity index (χ0) is 17.4. The van der Waals surface area contributed by atoms with Crippen LogP contribution in [0, 0.1) is 0 Å². The summed E-state index contributed by atoms with van der Waals surface area (Å²) in [6, 6.07) is 5.71. The number of carbonyl (C=O) groups excluding carboxylic acids is 1. The number of rotatable bonds is 4. The highest BCUT2D eigenvalue weighted by atomic mass is 32.1. The lowest BCUT2D eigenvalue weighted by molar-refractivity contribution is 0.0940.